The highest BCUT2D eigenvalue weighted by Gasteiger charge is 2.19. The maximum Gasteiger partial charge on any atom is 0.309 e. The SMILES string of the molecule is Cc1c(CC(=O)O)n2c3cccc(Br)c3nc2n1C. The number of para-hydroxylation sites is 1. The third kappa shape index (κ3) is 1.67. The Kier molecular flexibility index (Phi) is 2.63. The molecule has 0 aliphatic rings. The summed E-state index contributed by atoms with van der Waals surface area (Å²) >= 11 is 3.48. The number of hydrogen-bond donors (Lipinski definition) is 1. The topological polar surface area (TPSA) is 59.5 Å². The van der Waals surface area contributed by atoms with Crippen LogP contribution in [0.15, 0.2) is 22.7 Å². The van der Waals surface area contributed by atoms with Gasteiger partial charge in [-0.2, -0.15) is 0 Å². The van der Waals surface area contributed by atoms with E-state index in [1.165, 1.54) is 0 Å². The molecule has 0 amide bonds. The Morgan fingerprint density at radius 3 is 2.89 bits per heavy atom. The Morgan fingerprint density at radius 1 is 1.47 bits per heavy atom. The van der Waals surface area contributed by atoms with Gasteiger partial charge in [-0.3, -0.25) is 9.20 Å². The van der Waals surface area contributed by atoms with E-state index in [0.29, 0.717) is 0 Å². The third-order valence-electron chi connectivity index (χ3n) is 3.43. The molecular formula is C13H12BrN3O2. The Labute approximate surface area is 117 Å². The van der Waals surface area contributed by atoms with E-state index in [0.717, 1.165) is 32.7 Å². The van der Waals surface area contributed by atoms with Crippen LogP contribution >= 0.6 is 15.9 Å². The first-order chi connectivity index (χ1) is 9.00. The number of aliphatic carboxylic acids is 1. The smallest absolute Gasteiger partial charge is 0.309 e. The summed E-state index contributed by atoms with van der Waals surface area (Å²) in [4.78, 5) is 15.6. The zero-order valence-electron chi connectivity index (χ0n) is 10.5. The molecule has 0 saturated heterocycles. The molecule has 1 aromatic carbocycles. The fourth-order valence-corrected chi connectivity index (χ4v) is 2.84. The second-order valence-corrected chi connectivity index (χ2v) is 5.37. The van der Waals surface area contributed by atoms with Crippen LogP contribution in [0, 0.1) is 6.92 Å². The minimum atomic E-state index is -0.840. The van der Waals surface area contributed by atoms with Gasteiger partial charge in [-0.1, -0.05) is 6.07 Å². The summed E-state index contributed by atoms with van der Waals surface area (Å²) in [6, 6.07) is 5.80. The molecule has 98 valence electrons. The molecule has 0 saturated carbocycles. The molecule has 0 unspecified atom stereocenters. The Morgan fingerprint density at radius 2 is 2.21 bits per heavy atom. The summed E-state index contributed by atoms with van der Waals surface area (Å²) in [5.74, 6) is -0.0805. The second kappa shape index (κ2) is 4.09. The highest BCUT2D eigenvalue weighted by molar-refractivity contribution is 9.10. The van der Waals surface area contributed by atoms with Crippen LogP contribution in [0.5, 0.6) is 0 Å². The number of nitrogens with zero attached hydrogens (tertiary/aromatic N) is 3. The van der Waals surface area contributed by atoms with Crippen LogP contribution in [-0.2, 0) is 18.3 Å². The van der Waals surface area contributed by atoms with Gasteiger partial charge in [0, 0.05) is 17.2 Å². The lowest BCUT2D eigenvalue weighted by molar-refractivity contribution is -0.136. The summed E-state index contributed by atoms with van der Waals surface area (Å²) in [6.07, 6.45) is -0.0128. The first-order valence-electron chi connectivity index (χ1n) is 5.83. The minimum absolute atomic E-state index is 0.0128. The third-order valence-corrected chi connectivity index (χ3v) is 4.07. The maximum absolute atomic E-state index is 11.0. The molecule has 2 heterocycles. The van der Waals surface area contributed by atoms with E-state index in [1.807, 2.05) is 41.1 Å². The highest BCUT2D eigenvalue weighted by Crippen LogP contribution is 2.27. The molecule has 0 radical (unpaired) electrons. The van der Waals surface area contributed by atoms with E-state index in [-0.39, 0.29) is 6.42 Å². The van der Waals surface area contributed by atoms with Gasteiger partial charge >= 0.3 is 5.97 Å². The molecule has 3 rings (SSSR count). The summed E-state index contributed by atoms with van der Waals surface area (Å²) in [7, 11) is 1.90. The van der Waals surface area contributed by atoms with E-state index >= 15 is 0 Å². The number of carboxylic acids is 1. The molecule has 2 aromatic heterocycles. The Bertz CT molecular complexity index is 816. The highest BCUT2D eigenvalue weighted by atomic mass is 79.9. The van der Waals surface area contributed by atoms with Gasteiger partial charge in [-0.25, -0.2) is 4.98 Å². The van der Waals surface area contributed by atoms with Crippen molar-refractivity contribution < 1.29 is 9.90 Å². The van der Waals surface area contributed by atoms with Crippen LogP contribution < -0.4 is 0 Å². The number of benzene rings is 1. The number of hydrogen-bond acceptors (Lipinski definition) is 2. The van der Waals surface area contributed by atoms with Crippen LogP contribution in [0.4, 0.5) is 0 Å². The van der Waals surface area contributed by atoms with Crippen molar-refractivity contribution in [2.45, 2.75) is 13.3 Å². The number of fused-ring (bicyclic) bond motifs is 3. The number of imidazole rings is 2. The lowest BCUT2D eigenvalue weighted by Crippen LogP contribution is -2.05. The van der Waals surface area contributed by atoms with E-state index < -0.39 is 5.97 Å². The molecule has 0 spiro atoms. The number of halogens is 1. The van der Waals surface area contributed by atoms with Crippen molar-refractivity contribution in [3.05, 3.63) is 34.1 Å². The molecule has 0 aliphatic carbocycles. The normalized spacial score (nSPS) is 11.5. The number of aryl methyl sites for hydroxylation is 1. The first kappa shape index (κ1) is 12.2. The summed E-state index contributed by atoms with van der Waals surface area (Å²) in [5, 5.41) is 9.07. The fourth-order valence-electron chi connectivity index (χ4n) is 2.40. The molecule has 0 atom stereocenters. The monoisotopic (exact) mass is 321 g/mol. The lowest BCUT2D eigenvalue weighted by Gasteiger charge is -2.00. The van der Waals surface area contributed by atoms with Gasteiger partial charge in [0.15, 0.2) is 0 Å². The summed E-state index contributed by atoms with van der Waals surface area (Å²) in [5.41, 5.74) is 3.46. The van der Waals surface area contributed by atoms with Crippen LogP contribution in [0.1, 0.15) is 11.4 Å². The maximum atomic E-state index is 11.0. The average Bonchev–Trinajstić information content (AvgIpc) is 2.83. The van der Waals surface area contributed by atoms with Crippen molar-refractivity contribution in [3.8, 4) is 0 Å². The molecule has 0 fully saturated rings. The Balaban J connectivity index is 2.47. The van der Waals surface area contributed by atoms with Gasteiger partial charge in [0.05, 0.1) is 17.6 Å². The number of rotatable bonds is 2. The van der Waals surface area contributed by atoms with Crippen LogP contribution in [-0.4, -0.2) is 25.0 Å². The largest absolute Gasteiger partial charge is 0.481 e. The van der Waals surface area contributed by atoms with Crippen LogP contribution in [0.2, 0.25) is 0 Å². The summed E-state index contributed by atoms with van der Waals surface area (Å²) in [6.45, 7) is 1.91. The van der Waals surface area contributed by atoms with Crippen molar-refractivity contribution in [2.75, 3.05) is 0 Å². The quantitative estimate of drug-likeness (QED) is 0.789. The van der Waals surface area contributed by atoms with Gasteiger partial charge in [-0.15, -0.1) is 0 Å². The number of carbonyl (C=O) groups is 1. The second-order valence-electron chi connectivity index (χ2n) is 4.52. The van der Waals surface area contributed by atoms with Crippen molar-refractivity contribution >= 4 is 38.7 Å². The van der Waals surface area contributed by atoms with E-state index in [9.17, 15) is 4.79 Å². The van der Waals surface area contributed by atoms with Gasteiger partial charge in [0.2, 0.25) is 5.78 Å². The number of aromatic nitrogens is 3. The van der Waals surface area contributed by atoms with E-state index in [4.69, 9.17) is 5.11 Å². The molecule has 0 aliphatic heterocycles. The lowest BCUT2D eigenvalue weighted by atomic mass is 10.2. The summed E-state index contributed by atoms with van der Waals surface area (Å²) < 4.78 is 4.75. The molecule has 6 heteroatoms. The Hall–Kier alpha value is -1.82. The minimum Gasteiger partial charge on any atom is -0.481 e. The van der Waals surface area contributed by atoms with Crippen LogP contribution in [0.3, 0.4) is 0 Å². The first-order valence-corrected chi connectivity index (χ1v) is 6.62. The molecule has 5 nitrogen and oxygen atoms in total. The van der Waals surface area contributed by atoms with Crippen molar-refractivity contribution in [3.63, 3.8) is 0 Å². The zero-order chi connectivity index (χ0) is 13.7. The van der Waals surface area contributed by atoms with Gasteiger partial charge in [-0.05, 0) is 35.0 Å². The molecule has 1 N–H and O–H groups in total. The molecule has 0 bridgehead atoms. The van der Waals surface area contributed by atoms with E-state index in [2.05, 4.69) is 20.9 Å². The van der Waals surface area contributed by atoms with Crippen LogP contribution in [0.25, 0.3) is 16.8 Å². The predicted molar refractivity (Wildman–Crippen MR) is 75.4 cm³/mol. The molecule has 19 heavy (non-hydrogen) atoms. The van der Waals surface area contributed by atoms with Crippen molar-refractivity contribution in [1.82, 2.24) is 14.0 Å². The van der Waals surface area contributed by atoms with Crippen molar-refractivity contribution in [2.24, 2.45) is 7.05 Å². The fraction of sp³-hybridized carbons (Fsp3) is 0.231. The predicted octanol–water partition coefficient (Wildman–Crippen LogP) is 2.52. The van der Waals surface area contributed by atoms with Crippen molar-refractivity contribution in [1.29, 1.82) is 0 Å². The standard InChI is InChI=1S/C13H12BrN3O2/c1-7-10(6-11(18)19)17-9-5-3-4-8(14)12(9)15-13(17)16(7)2/h3-5H,6H2,1-2H3,(H,18,19). The molecule has 3 aromatic rings. The van der Waals surface area contributed by atoms with E-state index in [1.54, 1.807) is 0 Å². The molecular weight excluding hydrogens is 310 g/mol. The van der Waals surface area contributed by atoms with Gasteiger partial charge < -0.3 is 9.67 Å². The van der Waals surface area contributed by atoms with Gasteiger partial charge in [0.1, 0.15) is 5.52 Å². The average molecular weight is 322 g/mol. The number of carboxylic acid groups (broad SMARTS) is 1. The zero-order valence-corrected chi connectivity index (χ0v) is 12.1. The van der Waals surface area contributed by atoms with Gasteiger partial charge in [0.25, 0.3) is 0 Å².